The summed E-state index contributed by atoms with van der Waals surface area (Å²) >= 11 is 5.37. The van der Waals surface area contributed by atoms with Gasteiger partial charge in [0.15, 0.2) is 5.11 Å². The maximum absolute atomic E-state index is 12.5. The number of fused-ring (bicyclic) bond motifs is 3. The van der Waals surface area contributed by atoms with E-state index in [1.165, 1.54) is 12.1 Å². The van der Waals surface area contributed by atoms with E-state index >= 15 is 0 Å². The Hall–Kier alpha value is -4.25. The molecule has 0 saturated carbocycles. The zero-order valence-corrected chi connectivity index (χ0v) is 22.2. The molecular weight excluding hydrogens is 525 g/mol. The van der Waals surface area contributed by atoms with E-state index in [4.69, 9.17) is 22.3 Å². The van der Waals surface area contributed by atoms with Gasteiger partial charge in [-0.25, -0.2) is 0 Å². The predicted octanol–water partition coefficient (Wildman–Crippen LogP) is 6.08. The summed E-state index contributed by atoms with van der Waals surface area (Å²) in [7, 11) is 1.82. The van der Waals surface area contributed by atoms with Crippen LogP contribution in [0, 0.1) is 13.8 Å². The SMILES string of the molecule is Cc1cccc(C)c1NC(=S)N/N=C/c1ccc2c(n1)CCc1c-2nn(C)c1-c1ccc(OC(F)(F)F)cc1. The summed E-state index contributed by atoms with van der Waals surface area (Å²) in [5.41, 5.74) is 11.9. The van der Waals surface area contributed by atoms with Gasteiger partial charge in [0.2, 0.25) is 0 Å². The Morgan fingerprint density at radius 1 is 1.05 bits per heavy atom. The number of para-hydroxylation sites is 1. The van der Waals surface area contributed by atoms with Crippen molar-refractivity contribution in [3.8, 4) is 28.3 Å². The molecule has 39 heavy (non-hydrogen) atoms. The number of pyridine rings is 1. The Morgan fingerprint density at radius 3 is 2.46 bits per heavy atom. The lowest BCUT2D eigenvalue weighted by molar-refractivity contribution is -0.274. The molecule has 1 aliphatic rings. The van der Waals surface area contributed by atoms with Crippen molar-refractivity contribution in [1.29, 1.82) is 0 Å². The van der Waals surface area contributed by atoms with Crippen LogP contribution in [0.5, 0.6) is 5.75 Å². The minimum Gasteiger partial charge on any atom is -0.406 e. The maximum Gasteiger partial charge on any atom is 0.573 e. The first kappa shape index (κ1) is 26.4. The second-order valence-corrected chi connectivity index (χ2v) is 9.60. The normalized spacial score (nSPS) is 12.7. The fourth-order valence-electron chi connectivity index (χ4n) is 4.75. The minimum absolute atomic E-state index is 0.262. The first-order valence-electron chi connectivity index (χ1n) is 12.2. The van der Waals surface area contributed by atoms with Crippen LogP contribution in [0.2, 0.25) is 0 Å². The highest BCUT2D eigenvalue weighted by Gasteiger charge is 2.31. The van der Waals surface area contributed by atoms with Gasteiger partial charge in [0.25, 0.3) is 0 Å². The van der Waals surface area contributed by atoms with E-state index in [0.717, 1.165) is 50.6 Å². The number of hydrogen-bond acceptors (Lipinski definition) is 5. The molecule has 11 heteroatoms. The van der Waals surface area contributed by atoms with Crippen molar-refractivity contribution in [2.75, 3.05) is 5.32 Å². The molecule has 0 bridgehead atoms. The first-order valence-corrected chi connectivity index (χ1v) is 12.6. The van der Waals surface area contributed by atoms with Crippen LogP contribution in [-0.4, -0.2) is 32.5 Å². The van der Waals surface area contributed by atoms with Gasteiger partial charge in [-0.2, -0.15) is 10.2 Å². The molecule has 5 rings (SSSR count). The fraction of sp³-hybridized carbons (Fsp3) is 0.214. The Balaban J connectivity index is 1.31. The molecule has 2 aromatic carbocycles. The van der Waals surface area contributed by atoms with Gasteiger partial charge in [-0.3, -0.25) is 15.1 Å². The molecule has 0 spiro atoms. The lowest BCUT2D eigenvalue weighted by atomic mass is 9.90. The lowest BCUT2D eigenvalue weighted by Crippen LogP contribution is -2.24. The van der Waals surface area contributed by atoms with E-state index in [9.17, 15) is 13.2 Å². The van der Waals surface area contributed by atoms with Crippen LogP contribution in [0.15, 0.2) is 59.7 Å². The number of ether oxygens (including phenoxy) is 1. The van der Waals surface area contributed by atoms with Gasteiger partial charge < -0.3 is 10.1 Å². The number of benzene rings is 2. The van der Waals surface area contributed by atoms with Crippen LogP contribution in [0.4, 0.5) is 18.9 Å². The summed E-state index contributed by atoms with van der Waals surface area (Å²) in [5, 5.41) is 12.5. The summed E-state index contributed by atoms with van der Waals surface area (Å²) in [6.07, 6.45) is -1.73. The molecule has 2 heterocycles. The molecule has 0 saturated heterocycles. The summed E-state index contributed by atoms with van der Waals surface area (Å²) in [5.74, 6) is -0.262. The first-order chi connectivity index (χ1) is 18.6. The van der Waals surface area contributed by atoms with Crippen LogP contribution in [0.25, 0.3) is 22.5 Å². The Morgan fingerprint density at radius 2 is 1.77 bits per heavy atom. The molecule has 2 N–H and O–H groups in total. The molecule has 0 aliphatic heterocycles. The third-order valence-corrected chi connectivity index (χ3v) is 6.65. The molecule has 1 aliphatic carbocycles. The zero-order valence-electron chi connectivity index (χ0n) is 21.4. The number of hydrazone groups is 1. The van der Waals surface area contributed by atoms with Crippen LogP contribution >= 0.6 is 12.2 Å². The smallest absolute Gasteiger partial charge is 0.406 e. The van der Waals surface area contributed by atoms with Crippen molar-refractivity contribution in [3.05, 3.63) is 82.7 Å². The van der Waals surface area contributed by atoms with Gasteiger partial charge in [0.05, 0.1) is 29.0 Å². The standard InChI is InChI=1S/C28H25F3N6OS/c1-16-5-4-6-17(2)24(16)34-27(39)35-32-15-19-9-12-21-23(33-19)14-13-22-25(21)36-37(3)26(22)18-7-10-20(11-8-18)38-28(29,30)31/h4-12,15H,13-14H2,1-3H3,(H2,34,35,39)/b32-15+. The van der Waals surface area contributed by atoms with Crippen molar-refractivity contribution in [2.24, 2.45) is 12.1 Å². The molecule has 4 aromatic rings. The van der Waals surface area contributed by atoms with E-state index in [0.29, 0.717) is 23.6 Å². The lowest BCUT2D eigenvalue weighted by Gasteiger charge is -2.16. The number of halogens is 3. The molecular formula is C28H25F3N6OS. The van der Waals surface area contributed by atoms with Gasteiger partial charge >= 0.3 is 6.36 Å². The van der Waals surface area contributed by atoms with Crippen molar-refractivity contribution in [1.82, 2.24) is 20.2 Å². The van der Waals surface area contributed by atoms with Crippen LogP contribution in [-0.2, 0) is 19.9 Å². The zero-order chi connectivity index (χ0) is 27.7. The molecule has 0 unspecified atom stereocenters. The fourth-order valence-corrected chi connectivity index (χ4v) is 4.90. The quantitative estimate of drug-likeness (QED) is 0.178. The van der Waals surface area contributed by atoms with Crippen molar-refractivity contribution < 1.29 is 17.9 Å². The third-order valence-electron chi connectivity index (χ3n) is 6.45. The highest BCUT2D eigenvalue weighted by atomic mass is 32.1. The molecule has 0 amide bonds. The number of hydrogen-bond donors (Lipinski definition) is 2. The molecule has 7 nitrogen and oxygen atoms in total. The van der Waals surface area contributed by atoms with Crippen LogP contribution < -0.4 is 15.5 Å². The van der Waals surface area contributed by atoms with E-state index in [2.05, 4.69) is 20.6 Å². The van der Waals surface area contributed by atoms with Gasteiger partial charge in [-0.15, -0.1) is 13.2 Å². The second-order valence-electron chi connectivity index (χ2n) is 9.19. The average Bonchev–Trinajstić information content (AvgIpc) is 3.22. The topological polar surface area (TPSA) is 76.4 Å². The largest absolute Gasteiger partial charge is 0.573 e. The molecule has 0 atom stereocenters. The van der Waals surface area contributed by atoms with E-state index in [1.54, 1.807) is 23.0 Å². The van der Waals surface area contributed by atoms with Crippen molar-refractivity contribution in [3.63, 3.8) is 0 Å². The van der Waals surface area contributed by atoms with Crippen LogP contribution in [0.3, 0.4) is 0 Å². The molecule has 0 radical (unpaired) electrons. The predicted molar refractivity (Wildman–Crippen MR) is 149 cm³/mol. The van der Waals surface area contributed by atoms with E-state index < -0.39 is 6.36 Å². The molecule has 2 aromatic heterocycles. The van der Waals surface area contributed by atoms with Gasteiger partial charge in [-0.1, -0.05) is 18.2 Å². The number of aromatic nitrogens is 3. The summed E-state index contributed by atoms with van der Waals surface area (Å²) < 4.78 is 43.3. The summed E-state index contributed by atoms with van der Waals surface area (Å²) in [4.78, 5) is 4.75. The van der Waals surface area contributed by atoms with E-state index in [1.807, 2.05) is 51.2 Å². The number of thiocarbonyl (C=S) groups is 1. The minimum atomic E-state index is -4.73. The third kappa shape index (κ3) is 5.78. The second kappa shape index (κ2) is 10.5. The van der Waals surface area contributed by atoms with Crippen LogP contribution in [0.1, 0.15) is 28.1 Å². The van der Waals surface area contributed by atoms with E-state index in [-0.39, 0.29) is 5.75 Å². The van der Waals surface area contributed by atoms with Gasteiger partial charge in [0.1, 0.15) is 5.75 Å². The Labute approximate surface area is 228 Å². The molecule has 0 fully saturated rings. The number of nitrogens with zero attached hydrogens (tertiary/aromatic N) is 4. The monoisotopic (exact) mass is 550 g/mol. The number of rotatable bonds is 5. The number of nitrogens with one attached hydrogen (secondary N) is 2. The number of aryl methyl sites for hydroxylation is 4. The Bertz CT molecular complexity index is 1560. The van der Waals surface area contributed by atoms with Crippen molar-refractivity contribution in [2.45, 2.75) is 33.1 Å². The average molecular weight is 551 g/mol. The molecule has 200 valence electrons. The maximum atomic E-state index is 12.5. The summed E-state index contributed by atoms with van der Waals surface area (Å²) in [6.45, 7) is 4.02. The number of anilines is 1. The van der Waals surface area contributed by atoms with Gasteiger partial charge in [0, 0.05) is 29.4 Å². The highest BCUT2D eigenvalue weighted by molar-refractivity contribution is 7.80. The van der Waals surface area contributed by atoms with Gasteiger partial charge in [-0.05, 0) is 86.4 Å². The van der Waals surface area contributed by atoms with Crippen molar-refractivity contribution >= 4 is 29.2 Å². The summed E-state index contributed by atoms with van der Waals surface area (Å²) in [6, 6.07) is 15.7. The highest BCUT2D eigenvalue weighted by Crippen LogP contribution is 2.38. The number of alkyl halides is 3. The Kier molecular flexibility index (Phi) is 7.09.